The highest BCUT2D eigenvalue weighted by Crippen LogP contribution is 2.20. The van der Waals surface area contributed by atoms with Gasteiger partial charge in [0.25, 0.3) is 0 Å². The van der Waals surface area contributed by atoms with E-state index in [9.17, 15) is 14.7 Å². The van der Waals surface area contributed by atoms with E-state index < -0.39 is 11.9 Å². The van der Waals surface area contributed by atoms with Gasteiger partial charge in [-0.2, -0.15) is 0 Å². The minimum Gasteiger partial charge on any atom is -0.481 e. The number of carbonyl (C=O) groups excluding carboxylic acids is 1. The molecule has 3 unspecified atom stereocenters. The maximum atomic E-state index is 12.2. The van der Waals surface area contributed by atoms with Crippen molar-refractivity contribution in [3.05, 3.63) is 35.9 Å². The summed E-state index contributed by atoms with van der Waals surface area (Å²) in [6, 6.07) is 9.47. The minimum absolute atomic E-state index is 0.0607. The van der Waals surface area contributed by atoms with Crippen LogP contribution in [0.5, 0.6) is 0 Å². The van der Waals surface area contributed by atoms with Gasteiger partial charge >= 0.3 is 5.97 Å². The van der Waals surface area contributed by atoms with E-state index in [-0.39, 0.29) is 24.5 Å². The van der Waals surface area contributed by atoms with E-state index in [2.05, 4.69) is 5.32 Å². The van der Waals surface area contributed by atoms with Crippen LogP contribution in [0.15, 0.2) is 30.3 Å². The van der Waals surface area contributed by atoms with Gasteiger partial charge in [0, 0.05) is 19.1 Å². The van der Waals surface area contributed by atoms with Crippen molar-refractivity contribution in [1.29, 1.82) is 0 Å². The highest BCUT2D eigenvalue weighted by Gasteiger charge is 2.27. The molecule has 0 radical (unpaired) electrons. The second-order valence-corrected chi connectivity index (χ2v) is 5.87. The number of ether oxygens (including phenoxy) is 1. The summed E-state index contributed by atoms with van der Waals surface area (Å²) in [5.74, 6) is -1.63. The molecule has 22 heavy (non-hydrogen) atoms. The molecule has 0 saturated carbocycles. The maximum Gasteiger partial charge on any atom is 0.308 e. The summed E-state index contributed by atoms with van der Waals surface area (Å²) >= 11 is 0. The molecule has 120 valence electrons. The Hall–Kier alpha value is -1.88. The Morgan fingerprint density at radius 1 is 1.36 bits per heavy atom. The van der Waals surface area contributed by atoms with Gasteiger partial charge < -0.3 is 15.2 Å². The number of hydrogen-bond acceptors (Lipinski definition) is 3. The number of carboxylic acid groups (broad SMARTS) is 1. The molecule has 2 rings (SSSR count). The zero-order valence-corrected chi connectivity index (χ0v) is 12.8. The van der Waals surface area contributed by atoms with Crippen LogP contribution in [0.25, 0.3) is 0 Å². The van der Waals surface area contributed by atoms with E-state index in [0.29, 0.717) is 25.9 Å². The molecule has 5 heteroatoms. The molecule has 1 aromatic rings. The summed E-state index contributed by atoms with van der Waals surface area (Å²) in [4.78, 5) is 23.5. The molecule has 1 amide bonds. The molecule has 1 saturated heterocycles. The van der Waals surface area contributed by atoms with Crippen molar-refractivity contribution >= 4 is 11.9 Å². The lowest BCUT2D eigenvalue weighted by Crippen LogP contribution is -2.40. The fourth-order valence-electron chi connectivity index (χ4n) is 2.75. The van der Waals surface area contributed by atoms with Gasteiger partial charge in [0.1, 0.15) is 0 Å². The largest absolute Gasteiger partial charge is 0.481 e. The first-order valence-corrected chi connectivity index (χ1v) is 7.72. The van der Waals surface area contributed by atoms with E-state index in [1.54, 1.807) is 0 Å². The number of carboxylic acids is 1. The molecule has 1 aliphatic heterocycles. The third-order valence-corrected chi connectivity index (χ3v) is 4.05. The topological polar surface area (TPSA) is 75.6 Å². The summed E-state index contributed by atoms with van der Waals surface area (Å²) in [7, 11) is 0. The summed E-state index contributed by atoms with van der Waals surface area (Å²) in [6.45, 7) is 2.70. The van der Waals surface area contributed by atoms with E-state index in [4.69, 9.17) is 4.74 Å². The molecule has 1 fully saturated rings. The monoisotopic (exact) mass is 305 g/mol. The Morgan fingerprint density at radius 3 is 2.73 bits per heavy atom. The van der Waals surface area contributed by atoms with E-state index in [0.717, 1.165) is 5.56 Å². The third kappa shape index (κ3) is 4.84. The first kappa shape index (κ1) is 16.5. The maximum absolute atomic E-state index is 12.2. The zero-order chi connectivity index (χ0) is 15.9. The summed E-state index contributed by atoms with van der Waals surface area (Å²) in [5, 5.41) is 12.1. The average molecular weight is 305 g/mol. The van der Waals surface area contributed by atoms with Crippen LogP contribution in [0.3, 0.4) is 0 Å². The van der Waals surface area contributed by atoms with Crippen LogP contribution in [0.4, 0.5) is 0 Å². The second kappa shape index (κ2) is 7.94. The van der Waals surface area contributed by atoms with E-state index in [1.165, 1.54) is 0 Å². The second-order valence-electron chi connectivity index (χ2n) is 5.87. The normalized spacial score (nSPS) is 22.8. The highest BCUT2D eigenvalue weighted by atomic mass is 16.5. The fraction of sp³-hybridized carbons (Fsp3) is 0.529. The van der Waals surface area contributed by atoms with E-state index in [1.807, 2.05) is 37.3 Å². The Kier molecular flexibility index (Phi) is 5.95. The number of rotatable bonds is 6. The van der Waals surface area contributed by atoms with Crippen LogP contribution in [0.2, 0.25) is 0 Å². The highest BCUT2D eigenvalue weighted by molar-refractivity contribution is 5.79. The summed E-state index contributed by atoms with van der Waals surface area (Å²) in [5.41, 5.74) is 0.962. The molecule has 1 heterocycles. The number of nitrogens with one attached hydrogen (secondary N) is 1. The van der Waals surface area contributed by atoms with E-state index >= 15 is 0 Å². The Balaban J connectivity index is 1.86. The van der Waals surface area contributed by atoms with Crippen LogP contribution in [0.1, 0.15) is 25.3 Å². The van der Waals surface area contributed by atoms with Crippen LogP contribution in [0, 0.1) is 11.8 Å². The van der Waals surface area contributed by atoms with Crippen molar-refractivity contribution in [3.8, 4) is 0 Å². The third-order valence-electron chi connectivity index (χ3n) is 4.05. The quantitative estimate of drug-likeness (QED) is 0.841. The predicted molar refractivity (Wildman–Crippen MR) is 82.4 cm³/mol. The predicted octanol–water partition coefficient (Wildman–Crippen LogP) is 1.86. The summed E-state index contributed by atoms with van der Waals surface area (Å²) in [6.07, 6.45) is 1.90. The molecular formula is C17H23NO4. The number of carbonyl (C=O) groups is 2. The van der Waals surface area contributed by atoms with Crippen molar-refractivity contribution in [3.63, 3.8) is 0 Å². The summed E-state index contributed by atoms with van der Waals surface area (Å²) < 4.78 is 5.43. The standard InChI is InChI=1S/C17H23NO4/c1-12-9-14(7-8-22-12)16(19)18-11-15(17(20)21)10-13-5-3-2-4-6-13/h2-6,12,14-15H,7-11H2,1H3,(H,18,19)(H,20,21). The van der Waals surface area contributed by atoms with Gasteiger partial charge in [-0.15, -0.1) is 0 Å². The zero-order valence-electron chi connectivity index (χ0n) is 12.8. The fourth-order valence-corrected chi connectivity index (χ4v) is 2.75. The average Bonchev–Trinajstić information content (AvgIpc) is 2.51. The Bertz CT molecular complexity index is 503. The lowest BCUT2D eigenvalue weighted by atomic mass is 9.94. The van der Waals surface area contributed by atoms with Gasteiger partial charge in [-0.05, 0) is 31.7 Å². The lowest BCUT2D eigenvalue weighted by molar-refractivity contribution is -0.141. The van der Waals surface area contributed by atoms with Gasteiger partial charge in [0.05, 0.1) is 12.0 Å². The van der Waals surface area contributed by atoms with Crippen LogP contribution < -0.4 is 5.32 Å². The molecule has 0 aromatic heterocycles. The van der Waals surface area contributed by atoms with Crippen molar-refractivity contribution in [1.82, 2.24) is 5.32 Å². The smallest absolute Gasteiger partial charge is 0.308 e. The molecule has 5 nitrogen and oxygen atoms in total. The first-order valence-electron chi connectivity index (χ1n) is 7.72. The minimum atomic E-state index is -0.885. The van der Waals surface area contributed by atoms with Crippen molar-refractivity contribution < 1.29 is 19.4 Å². The number of amides is 1. The van der Waals surface area contributed by atoms with Crippen LogP contribution in [-0.2, 0) is 20.7 Å². The number of hydrogen-bond donors (Lipinski definition) is 2. The molecule has 1 aromatic carbocycles. The van der Waals surface area contributed by atoms with Crippen molar-refractivity contribution in [2.75, 3.05) is 13.2 Å². The van der Waals surface area contributed by atoms with Gasteiger partial charge in [0.2, 0.25) is 5.91 Å². The van der Waals surface area contributed by atoms with Gasteiger partial charge in [-0.3, -0.25) is 9.59 Å². The molecule has 0 aliphatic carbocycles. The number of benzene rings is 1. The molecular weight excluding hydrogens is 282 g/mol. The van der Waals surface area contributed by atoms with Gasteiger partial charge in [0.15, 0.2) is 0 Å². The SMILES string of the molecule is CC1CC(C(=O)NCC(Cc2ccccc2)C(=O)O)CCO1. The molecule has 3 atom stereocenters. The van der Waals surface area contributed by atoms with Gasteiger partial charge in [-0.25, -0.2) is 0 Å². The Labute approximate surface area is 130 Å². The van der Waals surface area contributed by atoms with Gasteiger partial charge in [-0.1, -0.05) is 30.3 Å². The first-order chi connectivity index (χ1) is 10.6. The van der Waals surface area contributed by atoms with Crippen molar-refractivity contribution in [2.45, 2.75) is 32.3 Å². The Morgan fingerprint density at radius 2 is 2.09 bits per heavy atom. The molecule has 1 aliphatic rings. The molecule has 0 spiro atoms. The van der Waals surface area contributed by atoms with Crippen LogP contribution in [-0.4, -0.2) is 36.2 Å². The van der Waals surface area contributed by atoms with Crippen LogP contribution >= 0.6 is 0 Å². The molecule has 2 N–H and O–H groups in total. The molecule has 0 bridgehead atoms. The van der Waals surface area contributed by atoms with Crippen molar-refractivity contribution in [2.24, 2.45) is 11.8 Å². The lowest BCUT2D eigenvalue weighted by Gasteiger charge is -2.26. The number of aliphatic carboxylic acids is 1.